The normalized spacial score (nSPS) is 12.1. The molecule has 0 saturated carbocycles. The second-order valence-corrected chi connectivity index (χ2v) is 2.68. The smallest absolute Gasteiger partial charge is 0.385 e. The van der Waals surface area contributed by atoms with Crippen LogP contribution in [0.25, 0.3) is 0 Å². The van der Waals surface area contributed by atoms with Crippen molar-refractivity contribution in [2.24, 2.45) is 0 Å². The topological polar surface area (TPSA) is 58.9 Å². The highest BCUT2D eigenvalue weighted by Gasteiger charge is 2.38. The maximum atomic E-state index is 12.3. The molecule has 0 saturated heterocycles. The van der Waals surface area contributed by atoms with Crippen molar-refractivity contribution in [1.29, 1.82) is 0 Å². The van der Waals surface area contributed by atoms with Crippen LogP contribution in [0.3, 0.4) is 0 Å². The first-order chi connectivity index (χ1) is 6.73. The van der Waals surface area contributed by atoms with E-state index in [-0.39, 0.29) is 6.07 Å². The molecule has 0 amide bonds. The molecule has 3 N–H and O–H groups in total. The molecule has 0 bridgehead atoms. The van der Waals surface area contributed by atoms with Crippen molar-refractivity contribution in [3.05, 3.63) is 27.5 Å². The Bertz CT molecular complexity index is 422. The largest absolute Gasteiger partial charge is 0.420 e. The molecule has 0 aliphatic carbocycles. The van der Waals surface area contributed by atoms with Crippen molar-refractivity contribution < 1.29 is 22.0 Å². The van der Waals surface area contributed by atoms with Crippen LogP contribution in [-0.2, 0) is 6.18 Å². The van der Waals surface area contributed by atoms with Gasteiger partial charge in [-0.1, -0.05) is 0 Å². The number of aromatic amines is 1. The molecule has 0 aromatic carbocycles. The summed E-state index contributed by atoms with van der Waals surface area (Å²) in [6, 6.07) is 0.184. The lowest BCUT2D eigenvalue weighted by molar-refractivity contribution is -0.139. The molecule has 0 fully saturated rings. The van der Waals surface area contributed by atoms with Crippen LogP contribution in [-0.4, -0.2) is 4.98 Å². The molecule has 15 heavy (non-hydrogen) atoms. The summed E-state index contributed by atoms with van der Waals surface area (Å²) >= 11 is 0. The minimum absolute atomic E-state index is 0.184. The summed E-state index contributed by atoms with van der Waals surface area (Å²) in [5.74, 6) is -1.11. The summed E-state index contributed by atoms with van der Waals surface area (Å²) in [5.41, 5.74) is 0.626. The number of pyridine rings is 1. The Morgan fingerprint density at radius 1 is 1.33 bits per heavy atom. The zero-order chi connectivity index (χ0) is 11.8. The summed E-state index contributed by atoms with van der Waals surface area (Å²) in [5, 5.41) is 0. The summed E-state index contributed by atoms with van der Waals surface area (Å²) in [7, 11) is 0. The van der Waals surface area contributed by atoms with Crippen molar-refractivity contribution in [2.45, 2.75) is 12.6 Å². The van der Waals surface area contributed by atoms with E-state index in [0.29, 0.717) is 0 Å². The van der Waals surface area contributed by atoms with Gasteiger partial charge in [-0.2, -0.15) is 13.2 Å². The third-order valence-electron chi connectivity index (χ3n) is 1.62. The number of alkyl halides is 5. The molecule has 84 valence electrons. The Labute approximate surface area is 79.7 Å². The maximum absolute atomic E-state index is 12.3. The quantitative estimate of drug-likeness (QED) is 0.721. The van der Waals surface area contributed by atoms with Crippen molar-refractivity contribution >= 4 is 5.82 Å². The molecule has 1 heterocycles. The van der Waals surface area contributed by atoms with Gasteiger partial charge in [0.05, 0.1) is 0 Å². The first-order valence-electron chi connectivity index (χ1n) is 3.61. The predicted octanol–water partition coefficient (Wildman–Crippen LogP) is 1.91. The van der Waals surface area contributed by atoms with Gasteiger partial charge in [0.25, 0.3) is 6.43 Å². The standard InChI is InChI=1S/C7H5F5N2O/c8-5(9)2-1-3(15)14-6(13)4(2)7(10,11)12/h1,5H,(H3,13,14,15). The van der Waals surface area contributed by atoms with E-state index in [1.807, 2.05) is 0 Å². The van der Waals surface area contributed by atoms with Gasteiger partial charge in [-0.3, -0.25) is 4.79 Å². The van der Waals surface area contributed by atoms with Crippen LogP contribution in [0.15, 0.2) is 10.9 Å². The van der Waals surface area contributed by atoms with E-state index in [1.165, 1.54) is 0 Å². The van der Waals surface area contributed by atoms with Crippen molar-refractivity contribution in [3.8, 4) is 0 Å². The van der Waals surface area contributed by atoms with Crippen LogP contribution in [0.4, 0.5) is 27.8 Å². The molecular weight excluding hydrogens is 223 g/mol. The summed E-state index contributed by atoms with van der Waals surface area (Å²) in [6.07, 6.45) is -8.44. The van der Waals surface area contributed by atoms with E-state index >= 15 is 0 Å². The average molecular weight is 228 g/mol. The van der Waals surface area contributed by atoms with Crippen LogP contribution < -0.4 is 11.3 Å². The minimum atomic E-state index is -5.03. The van der Waals surface area contributed by atoms with Gasteiger partial charge in [0.15, 0.2) is 0 Å². The molecule has 0 atom stereocenters. The van der Waals surface area contributed by atoms with Crippen LogP contribution in [0.5, 0.6) is 0 Å². The van der Waals surface area contributed by atoms with Gasteiger partial charge in [-0.05, 0) is 0 Å². The van der Waals surface area contributed by atoms with Gasteiger partial charge in [0.1, 0.15) is 11.4 Å². The summed E-state index contributed by atoms with van der Waals surface area (Å²) < 4.78 is 61.2. The third-order valence-corrected chi connectivity index (χ3v) is 1.62. The van der Waals surface area contributed by atoms with Gasteiger partial charge in [0.2, 0.25) is 5.56 Å². The molecule has 0 spiro atoms. The molecule has 1 rings (SSSR count). The van der Waals surface area contributed by atoms with Crippen LogP contribution in [0.1, 0.15) is 17.6 Å². The molecule has 1 aromatic rings. The zero-order valence-corrected chi connectivity index (χ0v) is 7.03. The molecule has 0 radical (unpaired) electrons. The molecule has 1 aromatic heterocycles. The number of nitrogens with one attached hydrogen (secondary N) is 1. The Morgan fingerprint density at radius 2 is 1.87 bits per heavy atom. The Hall–Kier alpha value is -1.60. The van der Waals surface area contributed by atoms with E-state index in [4.69, 9.17) is 5.73 Å². The Morgan fingerprint density at radius 3 is 2.27 bits per heavy atom. The number of hydrogen-bond acceptors (Lipinski definition) is 2. The second-order valence-electron chi connectivity index (χ2n) is 2.68. The van der Waals surface area contributed by atoms with E-state index in [0.717, 1.165) is 0 Å². The first-order valence-corrected chi connectivity index (χ1v) is 3.61. The zero-order valence-electron chi connectivity index (χ0n) is 7.03. The lowest BCUT2D eigenvalue weighted by Gasteiger charge is -2.13. The summed E-state index contributed by atoms with van der Waals surface area (Å²) in [6.45, 7) is 0. The van der Waals surface area contributed by atoms with Gasteiger partial charge < -0.3 is 10.7 Å². The van der Waals surface area contributed by atoms with E-state index in [2.05, 4.69) is 0 Å². The molecule has 0 unspecified atom stereocenters. The van der Waals surface area contributed by atoms with Crippen molar-refractivity contribution in [1.82, 2.24) is 4.98 Å². The van der Waals surface area contributed by atoms with E-state index < -0.39 is 35.1 Å². The number of aromatic nitrogens is 1. The molecule has 0 aliphatic heterocycles. The number of halogens is 5. The fraction of sp³-hybridized carbons (Fsp3) is 0.286. The maximum Gasteiger partial charge on any atom is 0.420 e. The number of rotatable bonds is 1. The van der Waals surface area contributed by atoms with Crippen molar-refractivity contribution in [2.75, 3.05) is 5.73 Å². The lowest BCUT2D eigenvalue weighted by atomic mass is 10.1. The van der Waals surface area contributed by atoms with E-state index in [1.54, 1.807) is 4.98 Å². The van der Waals surface area contributed by atoms with Gasteiger partial charge >= 0.3 is 6.18 Å². The number of anilines is 1. The van der Waals surface area contributed by atoms with E-state index in [9.17, 15) is 26.7 Å². The second kappa shape index (κ2) is 3.52. The molecule has 8 heteroatoms. The van der Waals surface area contributed by atoms with Gasteiger partial charge in [-0.15, -0.1) is 0 Å². The Balaban J connectivity index is 3.55. The molecule has 3 nitrogen and oxygen atoms in total. The third kappa shape index (κ3) is 2.25. The highest BCUT2D eigenvalue weighted by Crippen LogP contribution is 2.38. The minimum Gasteiger partial charge on any atom is -0.385 e. The van der Waals surface area contributed by atoms with Crippen LogP contribution >= 0.6 is 0 Å². The number of hydrogen-bond donors (Lipinski definition) is 2. The number of nitrogen functional groups attached to an aromatic ring is 1. The molecule has 0 aliphatic rings. The fourth-order valence-electron chi connectivity index (χ4n) is 1.09. The fourth-order valence-corrected chi connectivity index (χ4v) is 1.09. The predicted molar refractivity (Wildman–Crippen MR) is 41.4 cm³/mol. The van der Waals surface area contributed by atoms with Crippen LogP contribution in [0.2, 0.25) is 0 Å². The highest BCUT2D eigenvalue weighted by molar-refractivity contribution is 5.46. The number of nitrogens with two attached hydrogens (primary N) is 1. The SMILES string of the molecule is Nc1[nH]c(=O)cc(C(F)F)c1C(F)(F)F. The highest BCUT2D eigenvalue weighted by atomic mass is 19.4. The first kappa shape index (κ1) is 11.5. The van der Waals surface area contributed by atoms with Gasteiger partial charge in [0, 0.05) is 11.6 Å². The van der Waals surface area contributed by atoms with Crippen molar-refractivity contribution in [3.63, 3.8) is 0 Å². The number of H-pyrrole nitrogens is 1. The average Bonchev–Trinajstić information content (AvgIpc) is 1.99. The Kier molecular flexibility index (Phi) is 2.69. The van der Waals surface area contributed by atoms with Crippen LogP contribution in [0, 0.1) is 0 Å². The lowest BCUT2D eigenvalue weighted by Crippen LogP contribution is -2.19. The summed E-state index contributed by atoms with van der Waals surface area (Å²) in [4.78, 5) is 12.3. The molecular formula is C7H5F5N2O. The van der Waals surface area contributed by atoms with Gasteiger partial charge in [-0.25, -0.2) is 8.78 Å². The monoisotopic (exact) mass is 228 g/mol.